The van der Waals surface area contributed by atoms with Crippen LogP contribution in [-0.2, 0) is 0 Å². The smallest absolute Gasteiger partial charge is 0.163 e. The van der Waals surface area contributed by atoms with E-state index in [-0.39, 0.29) is 24.4 Å². The van der Waals surface area contributed by atoms with E-state index in [0.29, 0.717) is 12.5 Å². The maximum Gasteiger partial charge on any atom is 0.163 e. The van der Waals surface area contributed by atoms with E-state index in [9.17, 15) is 13.6 Å². The molecular formula is C10H10F2O2. The van der Waals surface area contributed by atoms with Crippen LogP contribution in [0.25, 0.3) is 0 Å². The molecule has 14 heavy (non-hydrogen) atoms. The van der Waals surface area contributed by atoms with Gasteiger partial charge in [0.1, 0.15) is 11.6 Å². The Morgan fingerprint density at radius 2 is 1.79 bits per heavy atom. The largest absolute Gasteiger partial charge is 0.396 e. The van der Waals surface area contributed by atoms with Gasteiger partial charge in [0.05, 0.1) is 0 Å². The molecule has 1 aromatic rings. The second kappa shape index (κ2) is 4.81. The third kappa shape index (κ3) is 2.88. The second-order valence-electron chi connectivity index (χ2n) is 2.91. The van der Waals surface area contributed by atoms with Gasteiger partial charge >= 0.3 is 0 Å². The van der Waals surface area contributed by atoms with E-state index >= 15 is 0 Å². The maximum atomic E-state index is 12.7. The Balaban J connectivity index is 2.79. The normalized spacial score (nSPS) is 10.2. The van der Waals surface area contributed by atoms with Crippen LogP contribution in [0, 0.1) is 11.6 Å². The Hall–Kier alpha value is -1.29. The van der Waals surface area contributed by atoms with Gasteiger partial charge in [-0.25, -0.2) is 8.78 Å². The summed E-state index contributed by atoms with van der Waals surface area (Å²) in [4.78, 5) is 11.3. The van der Waals surface area contributed by atoms with Crippen LogP contribution in [0.15, 0.2) is 18.2 Å². The number of aliphatic hydroxyl groups excluding tert-OH is 1. The third-order valence-corrected chi connectivity index (χ3v) is 1.75. The minimum atomic E-state index is -0.766. The van der Waals surface area contributed by atoms with Crippen molar-refractivity contribution in [1.82, 2.24) is 0 Å². The van der Waals surface area contributed by atoms with Gasteiger partial charge in [0, 0.05) is 24.7 Å². The van der Waals surface area contributed by atoms with Crippen molar-refractivity contribution in [3.05, 3.63) is 35.4 Å². The van der Waals surface area contributed by atoms with Crippen molar-refractivity contribution >= 4 is 5.78 Å². The molecule has 0 radical (unpaired) electrons. The summed E-state index contributed by atoms with van der Waals surface area (Å²) < 4.78 is 25.3. The average Bonchev–Trinajstić information content (AvgIpc) is 2.12. The lowest BCUT2D eigenvalue weighted by molar-refractivity contribution is 0.0970. The lowest BCUT2D eigenvalue weighted by Crippen LogP contribution is -2.01. The fraction of sp³-hybridized carbons (Fsp3) is 0.300. The number of hydrogen-bond acceptors (Lipinski definition) is 2. The van der Waals surface area contributed by atoms with Crippen LogP contribution >= 0.6 is 0 Å². The molecule has 0 heterocycles. The van der Waals surface area contributed by atoms with Gasteiger partial charge in [-0.3, -0.25) is 4.79 Å². The summed E-state index contributed by atoms with van der Waals surface area (Å²) in [7, 11) is 0. The molecule has 0 fully saturated rings. The third-order valence-electron chi connectivity index (χ3n) is 1.75. The number of ketones is 1. The van der Waals surface area contributed by atoms with E-state index in [4.69, 9.17) is 5.11 Å². The Morgan fingerprint density at radius 3 is 2.29 bits per heavy atom. The highest BCUT2D eigenvalue weighted by atomic mass is 19.1. The summed E-state index contributed by atoms with van der Waals surface area (Å²) in [6.07, 6.45) is 0.399. The van der Waals surface area contributed by atoms with E-state index in [0.717, 1.165) is 12.1 Å². The molecule has 0 spiro atoms. The highest BCUT2D eigenvalue weighted by Crippen LogP contribution is 2.10. The average molecular weight is 200 g/mol. The highest BCUT2D eigenvalue weighted by molar-refractivity contribution is 5.96. The van der Waals surface area contributed by atoms with Crippen molar-refractivity contribution in [3.63, 3.8) is 0 Å². The zero-order chi connectivity index (χ0) is 10.6. The molecule has 1 aromatic carbocycles. The first-order valence-electron chi connectivity index (χ1n) is 4.23. The first-order chi connectivity index (χ1) is 6.63. The molecule has 1 rings (SSSR count). The van der Waals surface area contributed by atoms with Crippen LogP contribution in [0.3, 0.4) is 0 Å². The van der Waals surface area contributed by atoms with E-state index in [1.807, 2.05) is 0 Å². The molecule has 0 aliphatic carbocycles. The fourth-order valence-electron chi connectivity index (χ4n) is 1.10. The molecule has 0 amide bonds. The standard InChI is InChI=1S/C10H10F2O2/c11-8-4-7(5-9(12)6-8)10(14)2-1-3-13/h4-6,13H,1-3H2. The van der Waals surface area contributed by atoms with Gasteiger partial charge in [-0.2, -0.15) is 0 Å². The van der Waals surface area contributed by atoms with Gasteiger partial charge in [0.25, 0.3) is 0 Å². The maximum absolute atomic E-state index is 12.7. The van der Waals surface area contributed by atoms with Crippen LogP contribution in [0.1, 0.15) is 23.2 Å². The van der Waals surface area contributed by atoms with Crippen molar-refractivity contribution in [2.45, 2.75) is 12.8 Å². The molecule has 0 aromatic heterocycles. The van der Waals surface area contributed by atoms with Crippen LogP contribution in [-0.4, -0.2) is 17.5 Å². The first kappa shape index (κ1) is 10.8. The Morgan fingerprint density at radius 1 is 1.21 bits per heavy atom. The molecule has 2 nitrogen and oxygen atoms in total. The fourth-order valence-corrected chi connectivity index (χ4v) is 1.10. The quantitative estimate of drug-likeness (QED) is 0.754. The Labute approximate surface area is 80.2 Å². The van der Waals surface area contributed by atoms with Gasteiger partial charge in [-0.15, -0.1) is 0 Å². The summed E-state index contributed by atoms with van der Waals surface area (Å²) in [5.41, 5.74) is 0.0101. The van der Waals surface area contributed by atoms with E-state index < -0.39 is 11.6 Å². The van der Waals surface area contributed by atoms with Crippen molar-refractivity contribution in [2.24, 2.45) is 0 Å². The first-order valence-corrected chi connectivity index (χ1v) is 4.23. The van der Waals surface area contributed by atoms with Gasteiger partial charge in [0.2, 0.25) is 0 Å². The predicted octanol–water partition coefficient (Wildman–Crippen LogP) is 1.92. The monoisotopic (exact) mass is 200 g/mol. The second-order valence-corrected chi connectivity index (χ2v) is 2.91. The van der Waals surface area contributed by atoms with Crippen LogP contribution < -0.4 is 0 Å². The molecule has 0 aliphatic heterocycles. The van der Waals surface area contributed by atoms with Crippen LogP contribution in [0.4, 0.5) is 8.78 Å². The van der Waals surface area contributed by atoms with Gasteiger partial charge in [-0.1, -0.05) is 0 Å². The lowest BCUT2D eigenvalue weighted by atomic mass is 10.1. The molecule has 1 N–H and O–H groups in total. The summed E-state index contributed by atoms with van der Waals surface area (Å²) in [6.45, 7) is -0.108. The highest BCUT2D eigenvalue weighted by Gasteiger charge is 2.08. The Kier molecular flexibility index (Phi) is 3.71. The minimum absolute atomic E-state index is 0.0101. The predicted molar refractivity (Wildman–Crippen MR) is 47.0 cm³/mol. The molecule has 4 heteroatoms. The molecule has 0 saturated carbocycles. The number of hydrogen-bond donors (Lipinski definition) is 1. The SMILES string of the molecule is O=C(CCCO)c1cc(F)cc(F)c1. The van der Waals surface area contributed by atoms with Crippen molar-refractivity contribution in [3.8, 4) is 0 Å². The zero-order valence-corrected chi connectivity index (χ0v) is 7.46. The molecule has 0 unspecified atom stereocenters. The summed E-state index contributed by atoms with van der Waals surface area (Å²) in [5, 5.41) is 8.47. The van der Waals surface area contributed by atoms with Crippen molar-refractivity contribution in [2.75, 3.05) is 6.61 Å². The van der Waals surface area contributed by atoms with E-state index in [2.05, 4.69) is 0 Å². The number of halogens is 2. The summed E-state index contributed by atoms with van der Waals surface area (Å²) in [6, 6.07) is 2.69. The van der Waals surface area contributed by atoms with E-state index in [1.54, 1.807) is 0 Å². The number of benzene rings is 1. The molecule has 76 valence electrons. The van der Waals surface area contributed by atoms with E-state index in [1.165, 1.54) is 0 Å². The van der Waals surface area contributed by atoms with Gasteiger partial charge in [-0.05, 0) is 18.6 Å². The van der Waals surface area contributed by atoms with Gasteiger partial charge in [0.15, 0.2) is 5.78 Å². The molecule has 0 aliphatic rings. The molecular weight excluding hydrogens is 190 g/mol. The number of carbonyl (C=O) groups is 1. The zero-order valence-electron chi connectivity index (χ0n) is 7.46. The topological polar surface area (TPSA) is 37.3 Å². The Bertz CT molecular complexity index is 317. The number of rotatable bonds is 4. The van der Waals surface area contributed by atoms with Crippen LogP contribution in [0.2, 0.25) is 0 Å². The lowest BCUT2D eigenvalue weighted by Gasteiger charge is -2.00. The van der Waals surface area contributed by atoms with Gasteiger partial charge < -0.3 is 5.11 Å². The van der Waals surface area contributed by atoms with Crippen molar-refractivity contribution < 1.29 is 18.7 Å². The van der Waals surface area contributed by atoms with Crippen molar-refractivity contribution in [1.29, 1.82) is 0 Å². The summed E-state index contributed by atoms with van der Waals surface area (Å²) >= 11 is 0. The minimum Gasteiger partial charge on any atom is -0.396 e. The molecule has 0 saturated heterocycles. The van der Waals surface area contributed by atoms with Crippen LogP contribution in [0.5, 0.6) is 0 Å². The molecule has 0 bridgehead atoms. The number of Topliss-reactive ketones (excluding diaryl/α,β-unsaturated/α-hetero) is 1. The summed E-state index contributed by atoms with van der Waals surface area (Å²) in [5.74, 6) is -1.90. The molecule has 0 atom stereocenters. The number of aliphatic hydroxyl groups is 1. The number of carbonyl (C=O) groups excluding carboxylic acids is 1.